The predicted octanol–water partition coefficient (Wildman–Crippen LogP) is 4.90. The van der Waals surface area contributed by atoms with Gasteiger partial charge in [0.25, 0.3) is 11.6 Å². The molecule has 2 aromatic carbocycles. The highest BCUT2D eigenvalue weighted by Crippen LogP contribution is 2.32. The third-order valence-corrected chi connectivity index (χ3v) is 6.01. The number of benzene rings is 2. The monoisotopic (exact) mass is 405 g/mol. The van der Waals surface area contributed by atoms with Gasteiger partial charge >= 0.3 is 0 Å². The van der Waals surface area contributed by atoms with E-state index in [0.717, 1.165) is 45.2 Å². The highest BCUT2D eigenvalue weighted by atomic mass is 16.6. The lowest BCUT2D eigenvalue weighted by atomic mass is 9.99. The number of anilines is 1. The van der Waals surface area contributed by atoms with Crippen LogP contribution in [0.15, 0.2) is 54.6 Å². The molecule has 2 heterocycles. The number of rotatable bonds is 4. The SMILES string of the molecule is O=C(c1ccc(N2CCCCCC2)c([N+](=O)[O-])c1)N1CC=C(c2ccccc2)CC1. The molecule has 0 atom stereocenters. The first kappa shape index (κ1) is 20.1. The van der Waals surface area contributed by atoms with Crippen LogP contribution in [0.1, 0.15) is 48.0 Å². The van der Waals surface area contributed by atoms with E-state index in [2.05, 4.69) is 23.1 Å². The van der Waals surface area contributed by atoms with E-state index in [1.54, 1.807) is 17.0 Å². The minimum Gasteiger partial charge on any atom is -0.366 e. The first-order valence-corrected chi connectivity index (χ1v) is 10.7. The molecule has 0 bridgehead atoms. The van der Waals surface area contributed by atoms with Crippen LogP contribution in [0.5, 0.6) is 0 Å². The Bertz CT molecular complexity index is 947. The molecule has 30 heavy (non-hydrogen) atoms. The molecule has 2 aromatic rings. The number of carbonyl (C=O) groups is 1. The van der Waals surface area contributed by atoms with E-state index in [1.165, 1.54) is 17.2 Å². The minimum atomic E-state index is -0.360. The van der Waals surface area contributed by atoms with Gasteiger partial charge < -0.3 is 9.80 Å². The van der Waals surface area contributed by atoms with Crippen molar-refractivity contribution in [3.63, 3.8) is 0 Å². The van der Waals surface area contributed by atoms with Gasteiger partial charge in [-0.05, 0) is 42.5 Å². The number of nitrogens with zero attached hydrogens (tertiary/aromatic N) is 3. The molecule has 0 radical (unpaired) electrons. The van der Waals surface area contributed by atoms with Crippen molar-refractivity contribution in [2.75, 3.05) is 31.1 Å². The standard InChI is InChI=1S/C24H27N3O3/c28-24(26-16-12-20(13-17-26)19-8-4-3-5-9-19)21-10-11-22(23(18-21)27(29)30)25-14-6-1-2-7-15-25/h3-5,8-12,18H,1-2,6-7,13-17H2. The van der Waals surface area contributed by atoms with Crippen LogP contribution in [0.25, 0.3) is 5.57 Å². The molecule has 0 saturated carbocycles. The second kappa shape index (κ2) is 9.11. The third kappa shape index (κ3) is 4.37. The Labute approximate surface area is 177 Å². The number of hydrogen-bond donors (Lipinski definition) is 0. The van der Waals surface area contributed by atoms with Crippen LogP contribution >= 0.6 is 0 Å². The number of nitro groups is 1. The molecule has 6 heteroatoms. The average molecular weight is 405 g/mol. The molecule has 0 N–H and O–H groups in total. The molecule has 1 fully saturated rings. The van der Waals surface area contributed by atoms with Gasteiger partial charge in [0, 0.05) is 37.8 Å². The van der Waals surface area contributed by atoms with Gasteiger partial charge in [0.05, 0.1) is 4.92 Å². The molecule has 2 aliphatic heterocycles. The first-order chi connectivity index (χ1) is 14.6. The van der Waals surface area contributed by atoms with E-state index in [9.17, 15) is 14.9 Å². The van der Waals surface area contributed by atoms with Crippen molar-refractivity contribution in [1.29, 1.82) is 0 Å². The van der Waals surface area contributed by atoms with Crippen molar-refractivity contribution in [2.24, 2.45) is 0 Å². The van der Waals surface area contributed by atoms with E-state index < -0.39 is 0 Å². The molecule has 1 amide bonds. The number of nitro benzene ring substituents is 1. The lowest BCUT2D eigenvalue weighted by Gasteiger charge is -2.27. The van der Waals surface area contributed by atoms with Gasteiger partial charge in [-0.3, -0.25) is 14.9 Å². The minimum absolute atomic E-state index is 0.0280. The van der Waals surface area contributed by atoms with Gasteiger partial charge in [-0.15, -0.1) is 0 Å². The summed E-state index contributed by atoms with van der Waals surface area (Å²) < 4.78 is 0. The van der Waals surface area contributed by atoms with Crippen LogP contribution in [-0.2, 0) is 0 Å². The van der Waals surface area contributed by atoms with Gasteiger partial charge in [0.2, 0.25) is 0 Å². The predicted molar refractivity (Wildman–Crippen MR) is 119 cm³/mol. The number of hydrogen-bond acceptors (Lipinski definition) is 4. The highest BCUT2D eigenvalue weighted by Gasteiger charge is 2.25. The zero-order valence-electron chi connectivity index (χ0n) is 17.1. The van der Waals surface area contributed by atoms with Crippen molar-refractivity contribution >= 4 is 22.9 Å². The van der Waals surface area contributed by atoms with Gasteiger partial charge in [0.15, 0.2) is 0 Å². The Kier molecular flexibility index (Phi) is 6.12. The molecule has 0 aliphatic carbocycles. The summed E-state index contributed by atoms with van der Waals surface area (Å²) in [7, 11) is 0. The number of amides is 1. The summed E-state index contributed by atoms with van der Waals surface area (Å²) in [5.41, 5.74) is 3.46. The molecule has 6 nitrogen and oxygen atoms in total. The van der Waals surface area contributed by atoms with Gasteiger partial charge in [0.1, 0.15) is 5.69 Å². The van der Waals surface area contributed by atoms with Crippen molar-refractivity contribution < 1.29 is 9.72 Å². The molecule has 0 aromatic heterocycles. The lowest BCUT2D eigenvalue weighted by molar-refractivity contribution is -0.384. The molecule has 4 rings (SSSR count). The maximum Gasteiger partial charge on any atom is 0.293 e. The molecular formula is C24H27N3O3. The van der Waals surface area contributed by atoms with Crippen LogP contribution in [0, 0.1) is 10.1 Å². The van der Waals surface area contributed by atoms with Crippen molar-refractivity contribution in [2.45, 2.75) is 32.1 Å². The smallest absolute Gasteiger partial charge is 0.293 e. The van der Waals surface area contributed by atoms with E-state index in [4.69, 9.17) is 0 Å². The maximum absolute atomic E-state index is 13.0. The quantitative estimate of drug-likeness (QED) is 0.536. The summed E-state index contributed by atoms with van der Waals surface area (Å²) >= 11 is 0. The van der Waals surface area contributed by atoms with E-state index in [0.29, 0.717) is 24.3 Å². The molecule has 2 aliphatic rings. The van der Waals surface area contributed by atoms with E-state index in [-0.39, 0.29) is 16.5 Å². The average Bonchev–Trinajstić information content (AvgIpc) is 3.08. The second-order valence-electron chi connectivity index (χ2n) is 7.96. The molecular weight excluding hydrogens is 378 g/mol. The zero-order chi connectivity index (χ0) is 20.9. The molecule has 156 valence electrons. The van der Waals surface area contributed by atoms with Crippen LogP contribution in [0.2, 0.25) is 0 Å². The van der Waals surface area contributed by atoms with Gasteiger partial charge in [-0.25, -0.2) is 0 Å². The van der Waals surface area contributed by atoms with Crippen molar-refractivity contribution in [1.82, 2.24) is 4.90 Å². The number of carbonyl (C=O) groups excluding carboxylic acids is 1. The Balaban J connectivity index is 1.52. The summed E-state index contributed by atoms with van der Waals surface area (Å²) in [6.45, 7) is 2.78. The molecule has 0 unspecified atom stereocenters. The highest BCUT2D eigenvalue weighted by molar-refractivity contribution is 5.96. The third-order valence-electron chi connectivity index (χ3n) is 6.01. The maximum atomic E-state index is 13.0. The van der Waals surface area contributed by atoms with Crippen LogP contribution in [0.4, 0.5) is 11.4 Å². The Morgan fingerprint density at radius 3 is 2.30 bits per heavy atom. The van der Waals surface area contributed by atoms with Gasteiger partial charge in [-0.1, -0.05) is 49.2 Å². The van der Waals surface area contributed by atoms with E-state index in [1.807, 2.05) is 18.2 Å². The van der Waals surface area contributed by atoms with Crippen LogP contribution in [0.3, 0.4) is 0 Å². The first-order valence-electron chi connectivity index (χ1n) is 10.7. The topological polar surface area (TPSA) is 66.7 Å². The summed E-state index contributed by atoms with van der Waals surface area (Å²) in [6, 6.07) is 15.1. The second-order valence-corrected chi connectivity index (χ2v) is 7.96. The Hall–Kier alpha value is -3.15. The van der Waals surface area contributed by atoms with Crippen LogP contribution < -0.4 is 4.90 Å². The summed E-state index contributed by atoms with van der Waals surface area (Å²) in [5.74, 6) is -0.149. The van der Waals surface area contributed by atoms with Crippen LogP contribution in [-0.4, -0.2) is 41.9 Å². The molecule has 1 saturated heterocycles. The van der Waals surface area contributed by atoms with Crippen molar-refractivity contribution in [3.05, 3.63) is 75.8 Å². The normalized spacial score (nSPS) is 17.3. The summed E-state index contributed by atoms with van der Waals surface area (Å²) in [4.78, 5) is 28.3. The lowest BCUT2D eigenvalue weighted by Crippen LogP contribution is -2.34. The Morgan fingerprint density at radius 2 is 1.67 bits per heavy atom. The molecule has 0 spiro atoms. The fourth-order valence-corrected chi connectivity index (χ4v) is 4.33. The summed E-state index contributed by atoms with van der Waals surface area (Å²) in [5, 5.41) is 11.7. The van der Waals surface area contributed by atoms with Crippen molar-refractivity contribution in [3.8, 4) is 0 Å². The van der Waals surface area contributed by atoms with E-state index >= 15 is 0 Å². The van der Waals surface area contributed by atoms with Gasteiger partial charge in [-0.2, -0.15) is 0 Å². The largest absolute Gasteiger partial charge is 0.366 e. The fraction of sp³-hybridized carbons (Fsp3) is 0.375. The summed E-state index contributed by atoms with van der Waals surface area (Å²) in [6.07, 6.45) is 7.27. The zero-order valence-corrected chi connectivity index (χ0v) is 17.1. The fourth-order valence-electron chi connectivity index (χ4n) is 4.33. The Morgan fingerprint density at radius 1 is 0.933 bits per heavy atom.